The number of hydrogen-bond acceptors (Lipinski definition) is 13. The van der Waals surface area contributed by atoms with Gasteiger partial charge in [0.25, 0.3) is 0 Å². The molecule has 22 nitrogen and oxygen atoms in total. The van der Waals surface area contributed by atoms with Gasteiger partial charge in [0.1, 0.15) is 36.3 Å². The van der Waals surface area contributed by atoms with Crippen LogP contribution >= 0.6 is 0 Å². The molecule has 0 radical (unpaired) electrons. The Bertz CT molecular complexity index is 1440. The van der Waals surface area contributed by atoms with E-state index in [0.717, 1.165) is 0 Å². The maximum Gasteiger partial charge on any atom is 0.326 e. The molecule has 0 aliphatic heterocycles. The maximum atomic E-state index is 13.5. The van der Waals surface area contributed by atoms with E-state index in [1.54, 1.807) is 13.8 Å². The highest BCUT2D eigenvalue weighted by molar-refractivity contribution is 5.97. The summed E-state index contributed by atoms with van der Waals surface area (Å²) in [5, 5.41) is 44.2. The first-order valence-corrected chi connectivity index (χ1v) is 17.9. The molecule has 22 heteroatoms. The van der Waals surface area contributed by atoms with Crippen LogP contribution in [0, 0.1) is 5.92 Å². The van der Waals surface area contributed by atoms with Crippen molar-refractivity contribution in [1.82, 2.24) is 41.9 Å². The number of aliphatic hydroxyl groups excluding tert-OH is 2. The van der Waals surface area contributed by atoms with Crippen LogP contribution in [0.3, 0.4) is 0 Å². The molecule has 0 aliphatic carbocycles. The van der Waals surface area contributed by atoms with Crippen molar-refractivity contribution in [2.75, 3.05) is 13.2 Å². The zero-order valence-corrected chi connectivity index (χ0v) is 31.5. The number of aliphatic carboxylic acids is 1. The summed E-state index contributed by atoms with van der Waals surface area (Å²) in [4.78, 5) is 108. The number of rotatable bonds is 26. The number of carbonyl (C=O) groups is 8. The summed E-state index contributed by atoms with van der Waals surface area (Å²) in [6, 6.07) is -9.63. The van der Waals surface area contributed by atoms with Crippen LogP contribution in [0.1, 0.15) is 71.9 Å². The van der Waals surface area contributed by atoms with Crippen LogP contribution in [-0.2, 0) is 44.8 Å². The molecular weight excluding hydrogens is 726 g/mol. The second kappa shape index (κ2) is 24.3. The van der Waals surface area contributed by atoms with Crippen molar-refractivity contribution in [2.24, 2.45) is 23.1 Å². The molecule has 1 aromatic heterocycles. The summed E-state index contributed by atoms with van der Waals surface area (Å²) in [6.07, 6.45) is 1.74. The van der Waals surface area contributed by atoms with E-state index >= 15 is 0 Å². The highest BCUT2D eigenvalue weighted by Crippen LogP contribution is 2.09. The van der Waals surface area contributed by atoms with E-state index in [9.17, 15) is 53.7 Å². The predicted octanol–water partition coefficient (Wildman–Crippen LogP) is -4.89. The number of hydrogen-bond donors (Lipinski definition) is 13. The third-order valence-corrected chi connectivity index (χ3v) is 8.18. The van der Waals surface area contributed by atoms with Crippen molar-refractivity contribution < 1.29 is 53.7 Å². The van der Waals surface area contributed by atoms with Crippen LogP contribution in [0.4, 0.5) is 0 Å². The van der Waals surface area contributed by atoms with E-state index in [0.29, 0.717) is 18.5 Å². The molecule has 16 N–H and O–H groups in total. The zero-order chi connectivity index (χ0) is 41.8. The first-order valence-electron chi connectivity index (χ1n) is 17.9. The first kappa shape index (κ1) is 47.8. The molecule has 0 aliphatic rings. The number of amides is 7. The normalized spacial score (nSPS) is 15.5. The molecule has 8 atom stereocenters. The quantitative estimate of drug-likeness (QED) is 0.0392. The fourth-order valence-corrected chi connectivity index (χ4v) is 5.05. The molecule has 1 aromatic rings. The Morgan fingerprint density at radius 3 is 1.87 bits per heavy atom. The molecule has 0 saturated carbocycles. The second-order valence-electron chi connectivity index (χ2n) is 13.5. The smallest absolute Gasteiger partial charge is 0.326 e. The van der Waals surface area contributed by atoms with Crippen LogP contribution in [0.15, 0.2) is 12.5 Å². The summed E-state index contributed by atoms with van der Waals surface area (Å²) in [6.45, 7) is 5.41. The van der Waals surface area contributed by atoms with Crippen molar-refractivity contribution in [2.45, 2.75) is 121 Å². The number of carbonyl (C=O) groups excluding carboxylic acids is 7. The Kier molecular flexibility index (Phi) is 21.1. The molecule has 55 heavy (non-hydrogen) atoms. The summed E-state index contributed by atoms with van der Waals surface area (Å²) in [5.41, 5.74) is 16.8. The SMILES string of the molecule is CC(C)C[C@H](NC(=O)[C@H](C)NC(=O)[C@H](CO)NC(=O)[C@@H](N)CCC(N)=O)C(=O)N[C@H](C(=O)N[C@@H](CCCCN)C(=O)N[C@@H](Cc1cnc[nH]1)C(=O)O)[C@@H](C)O. The minimum Gasteiger partial charge on any atom is -0.480 e. The number of aromatic amines is 1. The van der Waals surface area contributed by atoms with Gasteiger partial charge in [-0.1, -0.05) is 13.8 Å². The van der Waals surface area contributed by atoms with Gasteiger partial charge in [0.2, 0.25) is 41.4 Å². The fraction of sp³-hybridized carbons (Fsp3) is 0.667. The van der Waals surface area contributed by atoms with Gasteiger partial charge in [0.05, 0.1) is 25.1 Å². The Labute approximate surface area is 318 Å². The molecule has 0 aromatic carbocycles. The predicted molar refractivity (Wildman–Crippen MR) is 195 cm³/mol. The largest absolute Gasteiger partial charge is 0.480 e. The van der Waals surface area contributed by atoms with Gasteiger partial charge >= 0.3 is 5.97 Å². The summed E-state index contributed by atoms with van der Waals surface area (Å²) in [5.74, 6) is -7.57. The van der Waals surface area contributed by atoms with Gasteiger partial charge in [-0.2, -0.15) is 0 Å². The number of nitrogens with one attached hydrogen (secondary N) is 7. The molecule has 0 bridgehead atoms. The van der Waals surface area contributed by atoms with E-state index in [-0.39, 0.29) is 44.6 Å². The summed E-state index contributed by atoms with van der Waals surface area (Å²) >= 11 is 0. The molecule has 1 heterocycles. The Hall–Kier alpha value is -5.19. The molecule has 0 spiro atoms. The Balaban J connectivity index is 3.06. The number of aliphatic hydroxyl groups is 2. The third-order valence-electron chi connectivity index (χ3n) is 8.18. The van der Waals surface area contributed by atoms with Gasteiger partial charge in [0, 0.05) is 24.7 Å². The Morgan fingerprint density at radius 1 is 0.764 bits per heavy atom. The average molecular weight is 784 g/mol. The number of carboxylic acids is 1. The summed E-state index contributed by atoms with van der Waals surface area (Å²) in [7, 11) is 0. The van der Waals surface area contributed by atoms with Gasteiger partial charge in [-0.15, -0.1) is 0 Å². The standard InChI is InChI=1S/C33H57N11O11/c1-16(2)11-22(41-27(48)17(3)39-31(52)24(14-45)43-28(49)20(35)8-9-25(36)47)30(51)44-26(18(4)46)32(53)40-21(7-5-6-10-34)29(50)42-23(33(54)55)12-19-13-37-15-38-19/h13,15-18,20-24,26,45-46H,5-12,14,34-35H2,1-4H3,(H2,36,47)(H,37,38)(H,39,52)(H,40,53)(H,41,48)(H,42,50)(H,43,49)(H,44,51)(H,54,55)/t17-,18+,20-,21-,22-,23-,24-,26-/m0/s1. The van der Waals surface area contributed by atoms with E-state index in [2.05, 4.69) is 41.9 Å². The van der Waals surface area contributed by atoms with E-state index in [1.807, 2.05) is 0 Å². The van der Waals surface area contributed by atoms with Crippen molar-refractivity contribution in [1.29, 1.82) is 0 Å². The number of nitrogens with zero attached hydrogens (tertiary/aromatic N) is 1. The average Bonchev–Trinajstić information content (AvgIpc) is 3.63. The minimum absolute atomic E-state index is 0.0436. The number of carboxylic acid groups (broad SMARTS) is 1. The molecule has 0 fully saturated rings. The van der Waals surface area contributed by atoms with Gasteiger partial charge < -0.3 is 69.4 Å². The van der Waals surface area contributed by atoms with E-state index in [1.165, 1.54) is 26.4 Å². The third kappa shape index (κ3) is 17.7. The molecule has 1 rings (SSSR count). The topological polar surface area (TPSA) is 376 Å². The summed E-state index contributed by atoms with van der Waals surface area (Å²) < 4.78 is 0. The molecule has 0 saturated heterocycles. The van der Waals surface area contributed by atoms with E-state index < -0.39 is 102 Å². The minimum atomic E-state index is -1.63. The molecule has 0 unspecified atom stereocenters. The fourth-order valence-electron chi connectivity index (χ4n) is 5.05. The lowest BCUT2D eigenvalue weighted by Crippen LogP contribution is -2.61. The van der Waals surface area contributed by atoms with Crippen LogP contribution < -0.4 is 49.1 Å². The monoisotopic (exact) mass is 783 g/mol. The van der Waals surface area contributed by atoms with Crippen LogP contribution in [0.25, 0.3) is 0 Å². The van der Waals surface area contributed by atoms with Crippen molar-refractivity contribution in [3.63, 3.8) is 0 Å². The van der Waals surface area contributed by atoms with Gasteiger partial charge in [-0.25, -0.2) is 9.78 Å². The number of H-pyrrole nitrogens is 1. The highest BCUT2D eigenvalue weighted by atomic mass is 16.4. The molecule has 310 valence electrons. The lowest BCUT2D eigenvalue weighted by Gasteiger charge is -2.28. The number of imidazole rings is 1. The lowest BCUT2D eigenvalue weighted by atomic mass is 10.0. The number of aromatic nitrogens is 2. The second-order valence-corrected chi connectivity index (χ2v) is 13.5. The van der Waals surface area contributed by atoms with E-state index in [4.69, 9.17) is 17.2 Å². The number of unbranched alkanes of at least 4 members (excludes halogenated alkanes) is 1. The van der Waals surface area contributed by atoms with Gasteiger partial charge in [-0.05, 0) is 58.4 Å². The Morgan fingerprint density at radius 2 is 1.35 bits per heavy atom. The van der Waals surface area contributed by atoms with Crippen LogP contribution in [-0.4, -0.2) is 134 Å². The van der Waals surface area contributed by atoms with Crippen LogP contribution in [0.5, 0.6) is 0 Å². The van der Waals surface area contributed by atoms with Gasteiger partial charge in [0.15, 0.2) is 0 Å². The van der Waals surface area contributed by atoms with Crippen molar-refractivity contribution in [3.05, 3.63) is 18.2 Å². The highest BCUT2D eigenvalue weighted by Gasteiger charge is 2.34. The molecular formula is C33H57N11O11. The van der Waals surface area contributed by atoms with Crippen molar-refractivity contribution in [3.8, 4) is 0 Å². The zero-order valence-electron chi connectivity index (χ0n) is 31.5. The number of nitrogens with two attached hydrogens (primary N) is 3. The molecule has 7 amide bonds. The van der Waals surface area contributed by atoms with Crippen LogP contribution in [0.2, 0.25) is 0 Å². The van der Waals surface area contributed by atoms with Crippen molar-refractivity contribution >= 4 is 47.3 Å². The number of primary amides is 1. The first-order chi connectivity index (χ1) is 25.8. The lowest BCUT2D eigenvalue weighted by molar-refractivity contribution is -0.142. The van der Waals surface area contributed by atoms with Gasteiger partial charge in [-0.3, -0.25) is 33.6 Å². The maximum absolute atomic E-state index is 13.5.